The van der Waals surface area contributed by atoms with Crippen molar-refractivity contribution in [2.24, 2.45) is 0 Å². The molecule has 1 aliphatic rings. The smallest absolute Gasteiger partial charge is 0.329 e. The Morgan fingerprint density at radius 1 is 1.07 bits per heavy atom. The first-order chi connectivity index (χ1) is 14.0. The molecule has 3 aromatic rings. The van der Waals surface area contributed by atoms with Crippen LogP contribution >= 0.6 is 0 Å². The van der Waals surface area contributed by atoms with Gasteiger partial charge in [0.25, 0.3) is 5.56 Å². The molecule has 0 saturated heterocycles. The van der Waals surface area contributed by atoms with Gasteiger partial charge < -0.3 is 15.2 Å². The number of nitrogens with one attached hydrogen (secondary N) is 2. The van der Waals surface area contributed by atoms with E-state index in [1.54, 1.807) is 24.3 Å². The van der Waals surface area contributed by atoms with E-state index in [2.05, 4.69) is 10.3 Å². The number of fused-ring (bicyclic) bond motifs is 2. The number of carbonyl (C=O) groups is 2. The first kappa shape index (κ1) is 18.7. The van der Waals surface area contributed by atoms with Gasteiger partial charge in [-0.2, -0.15) is 0 Å². The SMILES string of the molecule is CNC(=O)C1Cc2ccccc2CN1C(=O)Cn1c(=O)[nH]c2ccccc2c1=O. The van der Waals surface area contributed by atoms with Crippen LogP contribution in [0.3, 0.4) is 0 Å². The molecule has 8 heteroatoms. The Bertz CT molecular complexity index is 1230. The Labute approximate surface area is 165 Å². The third-order valence-corrected chi connectivity index (χ3v) is 5.30. The van der Waals surface area contributed by atoms with Gasteiger partial charge in [-0.1, -0.05) is 36.4 Å². The third-order valence-electron chi connectivity index (χ3n) is 5.30. The fraction of sp³-hybridized carbons (Fsp3) is 0.238. The summed E-state index contributed by atoms with van der Waals surface area (Å²) in [6.07, 6.45) is 0.380. The van der Waals surface area contributed by atoms with E-state index in [0.29, 0.717) is 17.3 Å². The number of likely N-dealkylation sites (N-methyl/N-ethyl adjacent to an activating group) is 1. The molecule has 1 unspecified atom stereocenters. The molecule has 8 nitrogen and oxygen atoms in total. The van der Waals surface area contributed by atoms with Crippen molar-refractivity contribution < 1.29 is 9.59 Å². The van der Waals surface area contributed by atoms with Crippen molar-refractivity contribution in [2.45, 2.75) is 25.6 Å². The molecule has 4 rings (SSSR count). The molecule has 1 aliphatic heterocycles. The van der Waals surface area contributed by atoms with Crippen molar-refractivity contribution in [3.05, 3.63) is 80.5 Å². The van der Waals surface area contributed by atoms with Crippen molar-refractivity contribution in [2.75, 3.05) is 7.05 Å². The molecular weight excluding hydrogens is 372 g/mol. The second-order valence-electron chi connectivity index (χ2n) is 6.99. The summed E-state index contributed by atoms with van der Waals surface area (Å²) in [5, 5.41) is 2.92. The summed E-state index contributed by atoms with van der Waals surface area (Å²) in [6.45, 7) is -0.192. The summed E-state index contributed by atoms with van der Waals surface area (Å²) >= 11 is 0. The second kappa shape index (κ2) is 7.38. The van der Waals surface area contributed by atoms with Crippen LogP contribution in [0.1, 0.15) is 11.1 Å². The van der Waals surface area contributed by atoms with Gasteiger partial charge in [0, 0.05) is 20.0 Å². The minimum atomic E-state index is -0.697. The van der Waals surface area contributed by atoms with Gasteiger partial charge in [-0.05, 0) is 23.3 Å². The fourth-order valence-electron chi connectivity index (χ4n) is 3.75. The highest BCUT2D eigenvalue weighted by atomic mass is 16.2. The Hall–Kier alpha value is -3.68. The van der Waals surface area contributed by atoms with E-state index in [4.69, 9.17) is 0 Å². The first-order valence-corrected chi connectivity index (χ1v) is 9.29. The summed E-state index contributed by atoms with van der Waals surface area (Å²) in [5.74, 6) is -0.747. The van der Waals surface area contributed by atoms with E-state index in [-0.39, 0.29) is 12.5 Å². The van der Waals surface area contributed by atoms with Gasteiger partial charge >= 0.3 is 5.69 Å². The van der Waals surface area contributed by atoms with Crippen LogP contribution in [0, 0.1) is 0 Å². The molecule has 29 heavy (non-hydrogen) atoms. The molecule has 2 N–H and O–H groups in total. The number of carbonyl (C=O) groups excluding carboxylic acids is 2. The van der Waals surface area contributed by atoms with Gasteiger partial charge in [-0.15, -0.1) is 0 Å². The number of rotatable bonds is 3. The monoisotopic (exact) mass is 392 g/mol. The van der Waals surface area contributed by atoms with E-state index in [0.717, 1.165) is 15.7 Å². The van der Waals surface area contributed by atoms with Gasteiger partial charge in [0.1, 0.15) is 12.6 Å². The van der Waals surface area contributed by atoms with Crippen LogP contribution in [-0.4, -0.2) is 39.4 Å². The third kappa shape index (κ3) is 3.33. The molecular formula is C21H20N4O4. The van der Waals surface area contributed by atoms with Gasteiger partial charge in [0.15, 0.2) is 0 Å². The molecule has 1 aromatic heterocycles. The maximum Gasteiger partial charge on any atom is 0.329 e. The number of hydrogen-bond acceptors (Lipinski definition) is 4. The minimum absolute atomic E-state index is 0.243. The quantitative estimate of drug-likeness (QED) is 0.673. The van der Waals surface area contributed by atoms with Crippen LogP contribution < -0.4 is 16.6 Å². The summed E-state index contributed by atoms with van der Waals surface area (Å²) < 4.78 is 0.881. The van der Waals surface area contributed by atoms with E-state index in [9.17, 15) is 19.2 Å². The Morgan fingerprint density at radius 3 is 2.52 bits per heavy atom. The standard InChI is InChI=1S/C21H20N4O4/c1-22-19(27)17-10-13-6-2-3-7-14(13)11-24(17)18(26)12-25-20(28)15-8-4-5-9-16(15)23-21(25)29/h2-9,17H,10-12H2,1H3,(H,22,27)(H,23,29). The lowest BCUT2D eigenvalue weighted by Gasteiger charge is -2.35. The molecule has 0 bridgehead atoms. The lowest BCUT2D eigenvalue weighted by molar-refractivity contribution is -0.142. The van der Waals surface area contributed by atoms with Gasteiger partial charge in [0.2, 0.25) is 11.8 Å². The van der Waals surface area contributed by atoms with Gasteiger partial charge in [0.05, 0.1) is 10.9 Å². The van der Waals surface area contributed by atoms with Gasteiger partial charge in [-0.25, -0.2) is 4.79 Å². The summed E-state index contributed by atoms with van der Waals surface area (Å²) in [6, 6.07) is 13.6. The Morgan fingerprint density at radius 2 is 1.76 bits per heavy atom. The van der Waals surface area contributed by atoms with Crippen LogP contribution in [0.15, 0.2) is 58.1 Å². The topological polar surface area (TPSA) is 104 Å². The van der Waals surface area contributed by atoms with Crippen LogP contribution in [0.5, 0.6) is 0 Å². The van der Waals surface area contributed by atoms with Crippen LogP contribution in [0.4, 0.5) is 0 Å². The summed E-state index contributed by atoms with van der Waals surface area (Å²) in [4.78, 5) is 54.7. The van der Waals surface area contributed by atoms with Crippen molar-refractivity contribution in [1.29, 1.82) is 0 Å². The average Bonchev–Trinajstić information content (AvgIpc) is 2.75. The van der Waals surface area contributed by atoms with E-state index >= 15 is 0 Å². The normalized spacial score (nSPS) is 15.8. The maximum atomic E-state index is 13.1. The lowest BCUT2D eigenvalue weighted by Crippen LogP contribution is -2.53. The minimum Gasteiger partial charge on any atom is -0.357 e. The molecule has 2 aromatic carbocycles. The number of para-hydroxylation sites is 1. The van der Waals surface area contributed by atoms with Crippen LogP contribution in [-0.2, 0) is 29.1 Å². The van der Waals surface area contributed by atoms with Gasteiger partial charge in [-0.3, -0.25) is 19.0 Å². The van der Waals surface area contributed by atoms with Crippen LogP contribution in [0.25, 0.3) is 10.9 Å². The number of hydrogen-bond donors (Lipinski definition) is 2. The highest BCUT2D eigenvalue weighted by Crippen LogP contribution is 2.23. The zero-order valence-electron chi connectivity index (χ0n) is 15.8. The first-order valence-electron chi connectivity index (χ1n) is 9.29. The molecule has 2 amide bonds. The van der Waals surface area contributed by atoms with Crippen molar-refractivity contribution in [1.82, 2.24) is 19.8 Å². The zero-order chi connectivity index (χ0) is 20.5. The fourth-order valence-corrected chi connectivity index (χ4v) is 3.75. The zero-order valence-corrected chi connectivity index (χ0v) is 15.8. The highest BCUT2D eigenvalue weighted by Gasteiger charge is 2.34. The maximum absolute atomic E-state index is 13.1. The number of aromatic nitrogens is 2. The molecule has 0 radical (unpaired) electrons. The number of nitrogens with zero attached hydrogens (tertiary/aromatic N) is 2. The Balaban J connectivity index is 1.70. The van der Waals surface area contributed by atoms with Crippen LogP contribution in [0.2, 0.25) is 0 Å². The molecule has 0 aliphatic carbocycles. The number of benzene rings is 2. The molecule has 0 spiro atoms. The predicted molar refractivity (Wildman–Crippen MR) is 107 cm³/mol. The number of amides is 2. The Kier molecular flexibility index (Phi) is 4.75. The summed E-state index contributed by atoms with van der Waals surface area (Å²) in [5.41, 5.74) is 1.18. The molecule has 1 atom stereocenters. The average molecular weight is 392 g/mol. The molecule has 0 saturated carbocycles. The molecule has 148 valence electrons. The lowest BCUT2D eigenvalue weighted by atomic mass is 9.93. The highest BCUT2D eigenvalue weighted by molar-refractivity contribution is 5.88. The van der Waals surface area contributed by atoms with E-state index in [1.807, 2.05) is 24.3 Å². The van der Waals surface area contributed by atoms with Crippen molar-refractivity contribution in [3.8, 4) is 0 Å². The van der Waals surface area contributed by atoms with E-state index in [1.165, 1.54) is 11.9 Å². The number of H-pyrrole nitrogens is 1. The van der Waals surface area contributed by atoms with Crippen molar-refractivity contribution >= 4 is 22.7 Å². The number of aromatic amines is 1. The predicted octanol–water partition coefficient (Wildman–Crippen LogP) is 0.389. The molecule has 0 fully saturated rings. The molecule has 2 heterocycles. The van der Waals surface area contributed by atoms with Crippen molar-refractivity contribution in [3.63, 3.8) is 0 Å². The van der Waals surface area contributed by atoms with E-state index < -0.39 is 29.7 Å². The largest absolute Gasteiger partial charge is 0.357 e. The second-order valence-corrected chi connectivity index (χ2v) is 6.99. The summed E-state index contributed by atoms with van der Waals surface area (Å²) in [7, 11) is 1.52.